The molecule has 0 aliphatic carbocycles. The molecule has 0 bridgehead atoms. The lowest BCUT2D eigenvalue weighted by atomic mass is 9.73. The van der Waals surface area contributed by atoms with Gasteiger partial charge < -0.3 is 15.1 Å². The molecule has 1 aliphatic heterocycles. The first-order valence-corrected chi connectivity index (χ1v) is 9.25. The molecule has 1 N–H and O–H groups in total. The van der Waals surface area contributed by atoms with Crippen LogP contribution in [0.2, 0.25) is 0 Å². The molecule has 28 heavy (non-hydrogen) atoms. The molecule has 0 radical (unpaired) electrons. The molecule has 2 aromatic carbocycles. The van der Waals surface area contributed by atoms with Crippen molar-refractivity contribution in [3.05, 3.63) is 65.7 Å². The molecule has 2 aromatic rings. The molecule has 1 aliphatic rings. The maximum Gasteiger partial charge on any atom is 0.239 e. The minimum atomic E-state index is -0.985. The van der Waals surface area contributed by atoms with Gasteiger partial charge in [-0.05, 0) is 23.6 Å². The van der Waals surface area contributed by atoms with E-state index in [0.29, 0.717) is 6.42 Å². The quantitative estimate of drug-likeness (QED) is 0.831. The molecule has 0 aromatic heterocycles. The summed E-state index contributed by atoms with van der Waals surface area (Å²) in [5.41, 5.74) is 1.68. The fourth-order valence-corrected chi connectivity index (χ4v) is 3.84. The van der Waals surface area contributed by atoms with E-state index in [1.165, 1.54) is 11.9 Å². The molecule has 3 rings (SSSR count). The van der Waals surface area contributed by atoms with Crippen LogP contribution in [0, 0.1) is 0 Å². The van der Waals surface area contributed by atoms with E-state index in [0.717, 1.165) is 16.8 Å². The maximum absolute atomic E-state index is 13.4. The fourth-order valence-electron chi connectivity index (χ4n) is 3.84. The van der Waals surface area contributed by atoms with Crippen molar-refractivity contribution in [3.8, 4) is 0 Å². The SMILES string of the molecule is CNC(=O)CN(C)C(=O)C[C@@]1(Cc2ccccc2)C(=O)N(C)c2ccccc21. The Bertz CT molecular complexity index is 897. The number of hydrogen-bond donors (Lipinski definition) is 1. The van der Waals surface area contributed by atoms with Crippen molar-refractivity contribution in [2.24, 2.45) is 0 Å². The largest absolute Gasteiger partial charge is 0.358 e. The van der Waals surface area contributed by atoms with Crippen LogP contribution in [0.5, 0.6) is 0 Å². The Hall–Kier alpha value is -3.15. The Morgan fingerprint density at radius 2 is 1.71 bits per heavy atom. The van der Waals surface area contributed by atoms with Crippen molar-refractivity contribution >= 4 is 23.4 Å². The molecule has 6 heteroatoms. The average molecular weight is 379 g/mol. The Labute approximate surface area is 165 Å². The molecule has 6 nitrogen and oxygen atoms in total. The normalized spacial score (nSPS) is 18.0. The Kier molecular flexibility index (Phi) is 5.49. The van der Waals surface area contributed by atoms with E-state index < -0.39 is 5.41 Å². The number of fused-ring (bicyclic) bond motifs is 1. The van der Waals surface area contributed by atoms with Crippen molar-refractivity contribution in [2.75, 3.05) is 32.6 Å². The molecule has 1 heterocycles. The summed E-state index contributed by atoms with van der Waals surface area (Å²) in [4.78, 5) is 41.1. The molecular weight excluding hydrogens is 354 g/mol. The van der Waals surface area contributed by atoms with Crippen molar-refractivity contribution in [3.63, 3.8) is 0 Å². The van der Waals surface area contributed by atoms with Gasteiger partial charge in [0, 0.05) is 33.3 Å². The minimum absolute atomic E-state index is 0.00950. The summed E-state index contributed by atoms with van der Waals surface area (Å²) in [7, 11) is 4.86. The van der Waals surface area contributed by atoms with Gasteiger partial charge in [0.05, 0.1) is 12.0 Å². The lowest BCUT2D eigenvalue weighted by Gasteiger charge is -2.30. The van der Waals surface area contributed by atoms with Crippen LogP contribution >= 0.6 is 0 Å². The zero-order valence-electron chi connectivity index (χ0n) is 16.4. The Balaban J connectivity index is 2.00. The van der Waals surface area contributed by atoms with Crippen LogP contribution in [0.25, 0.3) is 0 Å². The Morgan fingerprint density at radius 3 is 2.39 bits per heavy atom. The average Bonchev–Trinajstić information content (AvgIpc) is 2.91. The first-order chi connectivity index (χ1) is 13.4. The van der Waals surface area contributed by atoms with Gasteiger partial charge >= 0.3 is 0 Å². The van der Waals surface area contributed by atoms with E-state index in [9.17, 15) is 14.4 Å². The predicted octanol–water partition coefficient (Wildman–Crippen LogP) is 1.74. The van der Waals surface area contributed by atoms with Crippen molar-refractivity contribution in [1.29, 1.82) is 0 Å². The summed E-state index contributed by atoms with van der Waals surface area (Å²) in [6.07, 6.45) is 0.434. The van der Waals surface area contributed by atoms with E-state index in [1.807, 2.05) is 54.6 Å². The smallest absolute Gasteiger partial charge is 0.239 e. The van der Waals surface area contributed by atoms with Crippen LogP contribution in [-0.2, 0) is 26.2 Å². The van der Waals surface area contributed by atoms with Gasteiger partial charge in [-0.25, -0.2) is 0 Å². The number of nitrogens with one attached hydrogen (secondary N) is 1. The van der Waals surface area contributed by atoms with Crippen molar-refractivity contribution < 1.29 is 14.4 Å². The minimum Gasteiger partial charge on any atom is -0.358 e. The fraction of sp³-hybridized carbons (Fsp3) is 0.318. The van der Waals surface area contributed by atoms with Gasteiger partial charge in [-0.3, -0.25) is 14.4 Å². The number of para-hydroxylation sites is 1. The lowest BCUT2D eigenvalue weighted by Crippen LogP contribution is -2.46. The number of carbonyl (C=O) groups is 3. The first-order valence-electron chi connectivity index (χ1n) is 9.25. The number of carbonyl (C=O) groups excluding carboxylic acids is 3. The van der Waals surface area contributed by atoms with Gasteiger partial charge in [-0.1, -0.05) is 48.5 Å². The van der Waals surface area contributed by atoms with Crippen LogP contribution < -0.4 is 10.2 Å². The number of likely N-dealkylation sites (N-methyl/N-ethyl adjacent to an activating group) is 3. The molecule has 146 valence electrons. The molecule has 0 unspecified atom stereocenters. The summed E-state index contributed by atoms with van der Waals surface area (Å²) >= 11 is 0. The lowest BCUT2D eigenvalue weighted by molar-refractivity contribution is -0.137. The van der Waals surface area contributed by atoms with Crippen LogP contribution in [-0.4, -0.2) is 50.3 Å². The number of nitrogens with zero attached hydrogens (tertiary/aromatic N) is 2. The highest BCUT2D eigenvalue weighted by atomic mass is 16.2. The summed E-state index contributed by atoms with van der Waals surface area (Å²) in [5.74, 6) is -0.583. The van der Waals surface area contributed by atoms with Gasteiger partial charge in [-0.2, -0.15) is 0 Å². The van der Waals surface area contributed by atoms with Gasteiger partial charge in [0.25, 0.3) is 0 Å². The highest BCUT2D eigenvalue weighted by Gasteiger charge is 2.51. The van der Waals surface area contributed by atoms with Gasteiger partial charge in [0.1, 0.15) is 0 Å². The highest BCUT2D eigenvalue weighted by molar-refractivity contribution is 6.10. The summed E-state index contributed by atoms with van der Waals surface area (Å²) < 4.78 is 0. The molecule has 0 saturated carbocycles. The standard InChI is InChI=1S/C22H25N3O3/c1-23-19(26)15-24(2)20(27)14-22(13-16-9-5-4-6-10-16)17-11-7-8-12-18(17)25(3)21(22)28/h4-12H,13-15H2,1-3H3,(H,23,26)/t22-/m1/s1. The van der Waals surface area contributed by atoms with Gasteiger partial charge in [0.15, 0.2) is 0 Å². The molecular formula is C22H25N3O3. The number of amides is 3. The van der Waals surface area contributed by atoms with Crippen molar-refractivity contribution in [1.82, 2.24) is 10.2 Å². The van der Waals surface area contributed by atoms with E-state index >= 15 is 0 Å². The molecule has 3 amide bonds. The second-order valence-corrected chi connectivity index (χ2v) is 7.23. The van der Waals surface area contributed by atoms with Gasteiger partial charge in [0.2, 0.25) is 17.7 Å². The topological polar surface area (TPSA) is 69.7 Å². The van der Waals surface area contributed by atoms with Crippen LogP contribution in [0.3, 0.4) is 0 Å². The third kappa shape index (κ3) is 3.50. The number of benzene rings is 2. The molecule has 0 spiro atoms. The maximum atomic E-state index is 13.4. The zero-order valence-corrected chi connectivity index (χ0v) is 16.4. The molecule has 0 fully saturated rings. The molecule has 0 saturated heterocycles. The summed E-state index contributed by atoms with van der Waals surface area (Å²) in [6.45, 7) is -0.0393. The van der Waals surface area contributed by atoms with E-state index in [4.69, 9.17) is 0 Å². The number of rotatable bonds is 6. The van der Waals surface area contributed by atoms with Crippen molar-refractivity contribution in [2.45, 2.75) is 18.3 Å². The molecule has 1 atom stereocenters. The second kappa shape index (κ2) is 7.84. The summed E-state index contributed by atoms with van der Waals surface area (Å²) in [5, 5.41) is 2.52. The third-order valence-corrected chi connectivity index (χ3v) is 5.38. The van der Waals surface area contributed by atoms with Crippen LogP contribution in [0.4, 0.5) is 5.69 Å². The third-order valence-electron chi connectivity index (χ3n) is 5.38. The second-order valence-electron chi connectivity index (χ2n) is 7.23. The first kappa shape index (κ1) is 19.6. The van der Waals surface area contributed by atoms with E-state index in [-0.39, 0.29) is 30.7 Å². The monoisotopic (exact) mass is 379 g/mol. The van der Waals surface area contributed by atoms with Crippen LogP contribution in [0.1, 0.15) is 17.5 Å². The Morgan fingerprint density at radius 1 is 1.07 bits per heavy atom. The van der Waals surface area contributed by atoms with E-state index in [1.54, 1.807) is 19.0 Å². The summed E-state index contributed by atoms with van der Waals surface area (Å²) in [6, 6.07) is 17.3. The van der Waals surface area contributed by atoms with E-state index in [2.05, 4.69) is 5.32 Å². The predicted molar refractivity (Wildman–Crippen MR) is 108 cm³/mol. The zero-order chi connectivity index (χ0) is 20.3. The van der Waals surface area contributed by atoms with Crippen LogP contribution in [0.15, 0.2) is 54.6 Å². The number of anilines is 1. The highest BCUT2D eigenvalue weighted by Crippen LogP contribution is 2.45. The number of hydrogen-bond acceptors (Lipinski definition) is 3. The van der Waals surface area contributed by atoms with Gasteiger partial charge in [-0.15, -0.1) is 0 Å².